The van der Waals surface area contributed by atoms with E-state index in [1.54, 1.807) is 0 Å². The molecule has 1 aliphatic rings. The maximum atomic E-state index is 12.6. The Balaban J connectivity index is 2.43. The highest BCUT2D eigenvalue weighted by Crippen LogP contribution is 2.40. The van der Waals surface area contributed by atoms with Crippen molar-refractivity contribution in [1.29, 1.82) is 0 Å². The minimum Gasteiger partial charge on any atom is -0.463 e. The fourth-order valence-corrected chi connectivity index (χ4v) is 5.20. The second kappa shape index (κ2) is 17.4. The fourth-order valence-electron chi connectivity index (χ4n) is 5.20. The normalized spacial score (nSPS) is 21.5. The van der Waals surface area contributed by atoms with Crippen molar-refractivity contribution in [3.8, 4) is 0 Å². The minimum absolute atomic E-state index is 0.0650. The van der Waals surface area contributed by atoms with Crippen LogP contribution in [0.15, 0.2) is 0 Å². The Hall–Kier alpha value is -0.980. The number of rotatable bonds is 20. The summed E-state index contributed by atoms with van der Waals surface area (Å²) < 4.78 is 10.5. The van der Waals surface area contributed by atoms with Crippen LogP contribution >= 0.6 is 0 Å². The molecule has 0 aromatic carbocycles. The molecule has 200 valence electrons. The lowest BCUT2D eigenvalue weighted by Gasteiger charge is -2.27. The van der Waals surface area contributed by atoms with E-state index in [4.69, 9.17) is 14.6 Å². The molecule has 0 bridgehead atoms. The predicted molar refractivity (Wildman–Crippen MR) is 136 cm³/mol. The van der Waals surface area contributed by atoms with E-state index in [1.807, 2.05) is 6.92 Å². The van der Waals surface area contributed by atoms with Crippen LogP contribution in [0.4, 0.5) is 0 Å². The smallest absolute Gasteiger partial charge is 0.343 e. The number of aliphatic hydroxyl groups is 2. The molecule has 0 aliphatic heterocycles. The number of carbonyl (C=O) groups excluding carboxylic acids is 2. The van der Waals surface area contributed by atoms with Gasteiger partial charge in [-0.15, -0.1) is 0 Å². The van der Waals surface area contributed by atoms with Gasteiger partial charge in [-0.2, -0.15) is 0 Å². The van der Waals surface area contributed by atoms with Crippen LogP contribution in [0.3, 0.4) is 0 Å². The van der Waals surface area contributed by atoms with E-state index in [9.17, 15) is 14.7 Å². The van der Waals surface area contributed by atoms with Crippen molar-refractivity contribution >= 4 is 11.8 Å². The summed E-state index contributed by atoms with van der Waals surface area (Å²) in [4.78, 5) is 24.8. The van der Waals surface area contributed by atoms with Gasteiger partial charge in [0.05, 0.1) is 25.9 Å². The van der Waals surface area contributed by atoms with Gasteiger partial charge in [0, 0.05) is 6.42 Å². The molecule has 1 unspecified atom stereocenters. The second-order valence-corrected chi connectivity index (χ2v) is 10.9. The Morgan fingerprint density at radius 1 is 0.941 bits per heavy atom. The summed E-state index contributed by atoms with van der Waals surface area (Å²) >= 11 is 0. The van der Waals surface area contributed by atoms with Crippen LogP contribution < -0.4 is 0 Å². The van der Waals surface area contributed by atoms with Crippen molar-refractivity contribution < 1.29 is 29.3 Å². The molecule has 1 rings (SSSR count). The molecule has 0 heterocycles. The Morgan fingerprint density at radius 2 is 1.65 bits per heavy atom. The Kier molecular flexibility index (Phi) is 15.9. The Labute approximate surface area is 208 Å². The zero-order chi connectivity index (χ0) is 25.4. The molecule has 6 nitrogen and oxygen atoms in total. The van der Waals surface area contributed by atoms with Crippen molar-refractivity contribution in [1.82, 2.24) is 0 Å². The van der Waals surface area contributed by atoms with Crippen molar-refractivity contribution in [2.45, 2.75) is 130 Å². The third-order valence-electron chi connectivity index (χ3n) is 7.40. The van der Waals surface area contributed by atoms with Gasteiger partial charge < -0.3 is 19.7 Å². The molecule has 4 atom stereocenters. The molecule has 2 N–H and O–H groups in total. The number of unbranched alkanes of at least 4 members (excludes halogenated alkanes) is 3. The number of aliphatic hydroxyl groups excluding tert-OH is 2. The van der Waals surface area contributed by atoms with E-state index >= 15 is 0 Å². The number of esters is 1. The molecule has 1 fully saturated rings. The molecule has 0 aromatic rings. The van der Waals surface area contributed by atoms with Gasteiger partial charge in [0.1, 0.15) is 0 Å². The zero-order valence-electron chi connectivity index (χ0n) is 22.4. The van der Waals surface area contributed by atoms with Gasteiger partial charge in [-0.1, -0.05) is 66.2 Å². The molecule has 0 aromatic heterocycles. The van der Waals surface area contributed by atoms with Crippen LogP contribution in [0, 0.1) is 17.3 Å². The summed E-state index contributed by atoms with van der Waals surface area (Å²) in [6.45, 7) is 8.95. The van der Waals surface area contributed by atoms with Gasteiger partial charge in [0.15, 0.2) is 5.78 Å². The largest absolute Gasteiger partial charge is 0.463 e. The first-order valence-electron chi connectivity index (χ1n) is 13.9. The topological polar surface area (TPSA) is 93.1 Å². The maximum Gasteiger partial charge on any atom is 0.343 e. The Morgan fingerprint density at radius 3 is 2.32 bits per heavy atom. The number of carbonyl (C=O) groups is 2. The van der Waals surface area contributed by atoms with Crippen molar-refractivity contribution in [3.05, 3.63) is 0 Å². The van der Waals surface area contributed by atoms with Crippen LogP contribution in [0.2, 0.25) is 0 Å². The Bertz CT molecular complexity index is 561. The number of ketones is 1. The van der Waals surface area contributed by atoms with E-state index in [1.165, 1.54) is 38.5 Å². The van der Waals surface area contributed by atoms with Crippen LogP contribution in [-0.4, -0.2) is 54.0 Å². The third-order valence-corrected chi connectivity index (χ3v) is 7.40. The second-order valence-electron chi connectivity index (χ2n) is 10.9. The number of hydrogen-bond donors (Lipinski definition) is 2. The summed E-state index contributed by atoms with van der Waals surface area (Å²) in [6, 6.07) is 0. The first kappa shape index (κ1) is 31.1. The molecule has 0 amide bonds. The summed E-state index contributed by atoms with van der Waals surface area (Å²) in [5, 5.41) is 19.5. The van der Waals surface area contributed by atoms with Gasteiger partial charge >= 0.3 is 5.97 Å². The van der Waals surface area contributed by atoms with Crippen molar-refractivity contribution in [2.75, 3.05) is 19.8 Å². The third kappa shape index (κ3) is 12.1. The van der Waals surface area contributed by atoms with Gasteiger partial charge in [0.25, 0.3) is 0 Å². The average molecular weight is 485 g/mol. The molecule has 0 saturated heterocycles. The SMILES string of the molecule is CCCCOC(=O)C(OCCO)C(=O)CCCC[C@@H]1[C@@H](CCCC(C)(C)CCCC)CC[C@@H]1O. The summed E-state index contributed by atoms with van der Waals surface area (Å²) in [7, 11) is 0. The van der Waals surface area contributed by atoms with Gasteiger partial charge in [-0.25, -0.2) is 4.79 Å². The summed E-state index contributed by atoms with van der Waals surface area (Å²) in [6.07, 6.45) is 12.3. The lowest BCUT2D eigenvalue weighted by molar-refractivity contribution is -0.162. The molecule has 0 spiro atoms. The molecular weight excluding hydrogens is 432 g/mol. The van der Waals surface area contributed by atoms with E-state index in [0.717, 1.165) is 38.5 Å². The molecule has 6 heteroatoms. The average Bonchev–Trinajstić information content (AvgIpc) is 3.15. The predicted octanol–water partition coefficient (Wildman–Crippen LogP) is 5.61. The van der Waals surface area contributed by atoms with Crippen LogP contribution in [0.1, 0.15) is 118 Å². The standard InChI is InChI=1S/C28H52O6/c1-5-7-17-28(3,4)18-11-12-22-15-16-24(30)23(22)13-9-10-14-25(31)26(33-21-19-29)27(32)34-20-8-6-2/h22-24,26,29-30H,5-21H2,1-4H3/t22-,23+,24-,26?/m0/s1. The van der Waals surface area contributed by atoms with Gasteiger partial charge in [-0.3, -0.25) is 4.79 Å². The van der Waals surface area contributed by atoms with Crippen LogP contribution in [-0.2, 0) is 19.1 Å². The van der Waals surface area contributed by atoms with Crippen LogP contribution in [0.5, 0.6) is 0 Å². The van der Waals surface area contributed by atoms with Crippen molar-refractivity contribution in [3.63, 3.8) is 0 Å². The first-order chi connectivity index (χ1) is 16.3. The number of ether oxygens (including phenoxy) is 2. The highest BCUT2D eigenvalue weighted by Gasteiger charge is 2.34. The summed E-state index contributed by atoms with van der Waals surface area (Å²) in [5.74, 6) is -0.0519. The quantitative estimate of drug-likeness (QED) is 0.133. The highest BCUT2D eigenvalue weighted by atomic mass is 16.6. The van der Waals surface area contributed by atoms with Crippen LogP contribution in [0.25, 0.3) is 0 Å². The minimum atomic E-state index is -1.25. The number of hydrogen-bond acceptors (Lipinski definition) is 6. The van der Waals surface area contributed by atoms with E-state index in [2.05, 4.69) is 20.8 Å². The lowest BCUT2D eigenvalue weighted by atomic mass is 9.79. The van der Waals surface area contributed by atoms with E-state index < -0.39 is 12.1 Å². The first-order valence-corrected chi connectivity index (χ1v) is 13.9. The molecule has 1 aliphatic carbocycles. The lowest BCUT2D eigenvalue weighted by Crippen LogP contribution is -2.35. The van der Waals surface area contributed by atoms with Gasteiger partial charge in [-0.05, 0) is 62.2 Å². The molecule has 34 heavy (non-hydrogen) atoms. The zero-order valence-corrected chi connectivity index (χ0v) is 22.4. The molecular formula is C28H52O6. The van der Waals surface area contributed by atoms with Gasteiger partial charge in [0.2, 0.25) is 6.10 Å². The van der Waals surface area contributed by atoms with E-state index in [-0.39, 0.29) is 38.1 Å². The van der Waals surface area contributed by atoms with Crippen molar-refractivity contribution in [2.24, 2.45) is 17.3 Å². The monoisotopic (exact) mass is 484 g/mol. The maximum absolute atomic E-state index is 12.6. The van der Waals surface area contributed by atoms with E-state index in [0.29, 0.717) is 23.7 Å². The molecule has 0 radical (unpaired) electrons. The number of Topliss-reactive ketones (excluding diaryl/α,β-unsaturated/α-hetero) is 1. The fraction of sp³-hybridized carbons (Fsp3) is 0.929. The molecule has 1 saturated carbocycles. The summed E-state index contributed by atoms with van der Waals surface area (Å²) in [5.41, 5.74) is 0.398. The highest BCUT2D eigenvalue weighted by molar-refractivity contribution is 6.02.